The van der Waals surface area contributed by atoms with Gasteiger partial charge in [-0.1, -0.05) is 0 Å². The van der Waals surface area contributed by atoms with Crippen molar-refractivity contribution in [2.75, 3.05) is 28.4 Å². The van der Waals surface area contributed by atoms with Gasteiger partial charge in [-0.3, -0.25) is 0 Å². The zero-order valence-electron chi connectivity index (χ0n) is 18.4. The van der Waals surface area contributed by atoms with Gasteiger partial charge in [0.25, 0.3) is 0 Å². The van der Waals surface area contributed by atoms with E-state index in [0.29, 0.717) is 71.4 Å². The van der Waals surface area contributed by atoms with Crippen LogP contribution in [0.5, 0.6) is 0 Å². The zero-order chi connectivity index (χ0) is 20.2. The van der Waals surface area contributed by atoms with E-state index in [1.54, 1.807) is 0 Å². The van der Waals surface area contributed by atoms with Crippen LogP contribution in [0.2, 0.25) is 0 Å². The van der Waals surface area contributed by atoms with Gasteiger partial charge in [-0.15, -0.1) is 0 Å². The Labute approximate surface area is 178 Å². The van der Waals surface area contributed by atoms with E-state index < -0.39 is 0 Å². The van der Waals surface area contributed by atoms with Crippen LogP contribution in [0.3, 0.4) is 0 Å². The third kappa shape index (κ3) is 1.48. The Hall–Kier alpha value is -0.240. The van der Waals surface area contributed by atoms with Crippen molar-refractivity contribution in [3.05, 3.63) is 0 Å². The Balaban J connectivity index is 1.39. The SMILES string of the molecule is COC(OC)[C@@]12O[C@H]3CC[C@H]4[C@H]3[C@H]1[C@H]1[C@H]3[C@H]5[C@@H]6[C@@H](CC[C@H]6O[C@@]5(C(OC)OC)[C@@H]41)[C@H]32. The monoisotopic (exact) mass is 418 g/mol. The lowest BCUT2D eigenvalue weighted by molar-refractivity contribution is -0.270. The van der Waals surface area contributed by atoms with E-state index in [9.17, 15) is 0 Å². The molecular formula is C24H34O6. The first-order valence-corrected chi connectivity index (χ1v) is 12.2. The van der Waals surface area contributed by atoms with Gasteiger partial charge in [0, 0.05) is 40.3 Å². The molecule has 0 unspecified atom stereocenters. The molecule has 2 heterocycles. The molecule has 0 aromatic carbocycles. The summed E-state index contributed by atoms with van der Waals surface area (Å²) in [7, 11) is 7.24. The fraction of sp³-hybridized carbons (Fsp3) is 1.00. The molecule has 8 aliphatic rings. The van der Waals surface area contributed by atoms with Crippen LogP contribution in [0, 0.1) is 59.2 Å². The van der Waals surface area contributed by atoms with Crippen LogP contribution in [0.1, 0.15) is 25.7 Å². The van der Waals surface area contributed by atoms with E-state index >= 15 is 0 Å². The number of ether oxygens (including phenoxy) is 6. The predicted octanol–water partition coefficient (Wildman–Crippen LogP) is 2.30. The first-order valence-electron chi connectivity index (χ1n) is 12.2. The summed E-state index contributed by atoms with van der Waals surface area (Å²) >= 11 is 0. The summed E-state index contributed by atoms with van der Waals surface area (Å²) in [5.41, 5.74) is -0.541. The minimum absolute atomic E-state index is 0.267. The molecule has 6 saturated carbocycles. The van der Waals surface area contributed by atoms with Crippen LogP contribution >= 0.6 is 0 Å². The molecule has 6 heteroatoms. The van der Waals surface area contributed by atoms with E-state index in [1.807, 2.05) is 28.4 Å². The van der Waals surface area contributed by atoms with Crippen LogP contribution < -0.4 is 0 Å². The van der Waals surface area contributed by atoms with Crippen LogP contribution in [0.15, 0.2) is 0 Å². The molecule has 0 aromatic heterocycles. The lowest BCUT2D eigenvalue weighted by Crippen LogP contribution is -2.56. The summed E-state index contributed by atoms with van der Waals surface area (Å²) in [6, 6.07) is 0. The number of hydrogen-bond acceptors (Lipinski definition) is 6. The lowest BCUT2D eigenvalue weighted by Gasteiger charge is -2.44. The maximum Gasteiger partial charge on any atom is 0.186 e. The highest BCUT2D eigenvalue weighted by Gasteiger charge is 2.92. The molecule has 0 N–H and O–H groups in total. The summed E-state index contributed by atoms with van der Waals surface area (Å²) in [6.45, 7) is 0. The molecule has 0 bridgehead atoms. The first kappa shape index (κ1) is 18.2. The fourth-order valence-corrected chi connectivity index (χ4v) is 12.1. The van der Waals surface area contributed by atoms with Crippen LogP contribution in [0.25, 0.3) is 0 Å². The fourth-order valence-electron chi connectivity index (χ4n) is 12.1. The smallest absolute Gasteiger partial charge is 0.186 e. The molecule has 8 fully saturated rings. The van der Waals surface area contributed by atoms with Crippen molar-refractivity contribution >= 4 is 0 Å². The highest BCUT2D eigenvalue weighted by Crippen LogP contribution is 2.87. The maximum absolute atomic E-state index is 7.18. The van der Waals surface area contributed by atoms with Crippen molar-refractivity contribution < 1.29 is 28.4 Å². The van der Waals surface area contributed by atoms with Crippen molar-refractivity contribution in [1.29, 1.82) is 0 Å². The molecule has 0 radical (unpaired) electrons. The van der Waals surface area contributed by atoms with Crippen molar-refractivity contribution in [2.45, 2.75) is 61.7 Å². The molecular weight excluding hydrogens is 384 g/mol. The van der Waals surface area contributed by atoms with E-state index in [-0.39, 0.29) is 23.8 Å². The summed E-state index contributed by atoms with van der Waals surface area (Å²) in [5, 5.41) is 0. The van der Waals surface area contributed by atoms with Gasteiger partial charge in [0.1, 0.15) is 11.2 Å². The second kappa shape index (κ2) is 5.45. The van der Waals surface area contributed by atoms with E-state index in [4.69, 9.17) is 28.4 Å². The molecule has 30 heavy (non-hydrogen) atoms. The average molecular weight is 419 g/mol. The molecule has 2 saturated heterocycles. The Morgan fingerprint density at radius 2 is 0.967 bits per heavy atom. The summed E-state index contributed by atoms with van der Waals surface area (Å²) < 4.78 is 38.6. The summed E-state index contributed by atoms with van der Waals surface area (Å²) in [4.78, 5) is 0. The minimum Gasteiger partial charge on any atom is -0.366 e. The van der Waals surface area contributed by atoms with Gasteiger partial charge >= 0.3 is 0 Å². The summed E-state index contributed by atoms with van der Waals surface area (Å²) in [5.74, 6) is 5.90. The van der Waals surface area contributed by atoms with Crippen molar-refractivity contribution in [2.24, 2.45) is 59.2 Å². The lowest BCUT2D eigenvalue weighted by atomic mass is 9.71. The number of rotatable bonds is 6. The van der Waals surface area contributed by atoms with Crippen molar-refractivity contribution in [3.8, 4) is 0 Å². The van der Waals surface area contributed by atoms with Crippen LogP contribution in [0.4, 0.5) is 0 Å². The van der Waals surface area contributed by atoms with Crippen molar-refractivity contribution in [1.82, 2.24) is 0 Å². The number of methoxy groups -OCH3 is 4. The predicted molar refractivity (Wildman–Crippen MR) is 104 cm³/mol. The normalized spacial score (nSPS) is 64.6. The minimum atomic E-state index is -0.271. The largest absolute Gasteiger partial charge is 0.366 e. The Morgan fingerprint density at radius 3 is 1.33 bits per heavy atom. The Kier molecular flexibility index (Phi) is 3.31. The Morgan fingerprint density at radius 1 is 0.567 bits per heavy atom. The van der Waals surface area contributed by atoms with Gasteiger partial charge < -0.3 is 28.4 Å². The molecule has 6 aliphatic carbocycles. The van der Waals surface area contributed by atoms with E-state index in [1.165, 1.54) is 12.8 Å². The molecule has 8 rings (SSSR count). The van der Waals surface area contributed by atoms with Crippen LogP contribution in [-0.2, 0) is 28.4 Å². The molecule has 6 nitrogen and oxygen atoms in total. The second-order valence-electron chi connectivity index (χ2n) is 11.5. The van der Waals surface area contributed by atoms with Crippen molar-refractivity contribution in [3.63, 3.8) is 0 Å². The molecule has 166 valence electrons. The maximum atomic E-state index is 7.18. The second-order valence-corrected chi connectivity index (χ2v) is 11.5. The highest BCUT2D eigenvalue weighted by atomic mass is 16.7. The van der Waals surface area contributed by atoms with Gasteiger partial charge in [0.05, 0.1) is 12.2 Å². The molecule has 0 aromatic rings. The first-order chi connectivity index (χ1) is 14.7. The third-order valence-corrected chi connectivity index (χ3v) is 11.7. The molecule has 0 amide bonds. The quantitative estimate of drug-likeness (QED) is 0.617. The highest BCUT2D eigenvalue weighted by molar-refractivity contribution is 5.37. The Bertz CT molecular complexity index is 718. The van der Waals surface area contributed by atoms with Gasteiger partial charge in [-0.25, -0.2) is 0 Å². The topological polar surface area (TPSA) is 55.4 Å². The third-order valence-electron chi connectivity index (χ3n) is 11.7. The zero-order valence-corrected chi connectivity index (χ0v) is 18.4. The van der Waals surface area contributed by atoms with Gasteiger partial charge in [-0.2, -0.15) is 0 Å². The van der Waals surface area contributed by atoms with Gasteiger partial charge in [0.2, 0.25) is 0 Å². The van der Waals surface area contributed by atoms with E-state index in [2.05, 4.69) is 0 Å². The standard InChI is InChI=1S/C24H34O6/c1-25-21(26-2)23-17-9-5-8-12-14(9)20-15(17)16-18(24(20,30-12)22(27-3)28-4)10-6-7-11(29-23)13(10)19(16)23/h9-22H,5-8H2,1-4H3/t9-,10+,11+,12-,13-,14-,15-,16+,17-,18+,19+,20-,23+,24+/m1/s1. The number of hydrogen-bond donors (Lipinski definition) is 0. The molecule has 14 atom stereocenters. The molecule has 0 spiro atoms. The van der Waals surface area contributed by atoms with Crippen LogP contribution in [-0.4, -0.2) is 64.4 Å². The van der Waals surface area contributed by atoms with Gasteiger partial charge in [-0.05, 0) is 73.0 Å². The van der Waals surface area contributed by atoms with Gasteiger partial charge in [0.15, 0.2) is 12.6 Å². The summed E-state index contributed by atoms with van der Waals surface area (Å²) in [6.07, 6.45) is 5.01. The number of fused-ring (bicyclic) bond motifs is 4. The average Bonchev–Trinajstić information content (AvgIpc) is 3.52. The molecule has 2 aliphatic heterocycles. The van der Waals surface area contributed by atoms with E-state index in [0.717, 1.165) is 12.8 Å².